The molecule has 1 saturated heterocycles. The van der Waals surface area contributed by atoms with Gasteiger partial charge in [0.1, 0.15) is 11.9 Å². The molecule has 33 heavy (non-hydrogen) atoms. The summed E-state index contributed by atoms with van der Waals surface area (Å²) in [5.74, 6) is 2.44. The Balaban J connectivity index is 1.18. The number of hydrogen-bond donors (Lipinski definition) is 0. The summed E-state index contributed by atoms with van der Waals surface area (Å²) in [6.07, 6.45) is 13.9. The summed E-state index contributed by atoms with van der Waals surface area (Å²) >= 11 is 0. The lowest BCUT2D eigenvalue weighted by Gasteiger charge is -2.56. The molecule has 1 aliphatic heterocycles. The Morgan fingerprint density at radius 3 is 2.61 bits per heavy atom. The topological polar surface area (TPSA) is 46.6 Å². The van der Waals surface area contributed by atoms with Crippen molar-refractivity contribution in [3.05, 3.63) is 11.6 Å². The zero-order valence-corrected chi connectivity index (χ0v) is 21.5. The van der Waals surface area contributed by atoms with Gasteiger partial charge in [-0.25, -0.2) is 0 Å². The SMILES string of the molecule is CC1(C)CCCN(CCC(=O)OC2CCC3(C)C(=CCC4C5CCC(=O)C5(C)CCC43)C2)C1. The molecule has 0 radical (unpaired) electrons. The van der Waals surface area contributed by atoms with Crippen LogP contribution in [0.5, 0.6) is 0 Å². The molecule has 0 aromatic rings. The predicted molar refractivity (Wildman–Crippen MR) is 131 cm³/mol. The molecule has 4 fully saturated rings. The van der Waals surface area contributed by atoms with E-state index in [1.807, 2.05) is 0 Å². The van der Waals surface area contributed by atoms with Gasteiger partial charge in [0.05, 0.1) is 6.42 Å². The molecule has 4 aliphatic carbocycles. The first kappa shape index (κ1) is 23.6. The smallest absolute Gasteiger partial charge is 0.307 e. The van der Waals surface area contributed by atoms with Crippen LogP contribution in [0, 0.1) is 34.0 Å². The predicted octanol–water partition coefficient (Wildman–Crippen LogP) is 5.94. The maximum atomic E-state index is 12.7. The van der Waals surface area contributed by atoms with E-state index in [4.69, 9.17) is 4.74 Å². The summed E-state index contributed by atoms with van der Waals surface area (Å²) in [5, 5.41) is 0. The molecule has 5 rings (SSSR count). The third-order valence-corrected chi connectivity index (χ3v) is 10.7. The van der Waals surface area contributed by atoms with E-state index in [1.165, 1.54) is 19.3 Å². The molecule has 1 heterocycles. The summed E-state index contributed by atoms with van der Waals surface area (Å²) in [7, 11) is 0. The van der Waals surface area contributed by atoms with E-state index in [-0.39, 0.29) is 22.9 Å². The fourth-order valence-corrected chi connectivity index (χ4v) is 8.73. The van der Waals surface area contributed by atoms with Crippen LogP contribution in [0.3, 0.4) is 0 Å². The van der Waals surface area contributed by atoms with Gasteiger partial charge < -0.3 is 9.64 Å². The summed E-state index contributed by atoms with van der Waals surface area (Å²) in [6, 6.07) is 0. The number of rotatable bonds is 4. The number of likely N-dealkylation sites (tertiary alicyclic amines) is 1. The lowest BCUT2D eigenvalue weighted by atomic mass is 9.48. The van der Waals surface area contributed by atoms with Crippen molar-refractivity contribution in [2.75, 3.05) is 19.6 Å². The Morgan fingerprint density at radius 2 is 1.82 bits per heavy atom. The van der Waals surface area contributed by atoms with Crippen LogP contribution in [-0.4, -0.2) is 42.4 Å². The number of carbonyl (C=O) groups is 2. The molecule has 5 aliphatic rings. The third-order valence-electron chi connectivity index (χ3n) is 10.7. The second-order valence-corrected chi connectivity index (χ2v) is 13.3. The molecule has 0 bridgehead atoms. The van der Waals surface area contributed by atoms with E-state index in [9.17, 15) is 9.59 Å². The zero-order chi connectivity index (χ0) is 23.4. The number of ether oxygens (including phenoxy) is 1. The van der Waals surface area contributed by atoms with Gasteiger partial charge >= 0.3 is 5.97 Å². The van der Waals surface area contributed by atoms with E-state index < -0.39 is 0 Å². The Bertz CT molecular complexity index is 831. The van der Waals surface area contributed by atoms with Crippen LogP contribution in [0.1, 0.15) is 98.3 Å². The number of fused-ring (bicyclic) bond motifs is 5. The number of esters is 1. The van der Waals surface area contributed by atoms with E-state index >= 15 is 0 Å². The highest BCUT2D eigenvalue weighted by Gasteiger charge is 2.58. The number of carbonyl (C=O) groups excluding carboxylic acids is 2. The number of piperidine rings is 1. The Morgan fingerprint density at radius 1 is 1.06 bits per heavy atom. The van der Waals surface area contributed by atoms with E-state index in [2.05, 4.69) is 38.7 Å². The standard InChI is InChI=1S/C29H45NO3/c1-27(2)13-5-16-30(19-27)17-12-26(32)33-21-10-14-28(3)20(18-21)6-7-22-23-8-9-25(31)29(23,4)15-11-24(22)28/h6,21-24H,5,7-19H2,1-4H3. The van der Waals surface area contributed by atoms with Crippen LogP contribution in [0.4, 0.5) is 0 Å². The van der Waals surface area contributed by atoms with Crippen molar-refractivity contribution in [3.63, 3.8) is 0 Å². The normalized spacial score (nSPS) is 42.7. The van der Waals surface area contributed by atoms with Crippen molar-refractivity contribution in [1.82, 2.24) is 4.90 Å². The first-order chi connectivity index (χ1) is 15.6. The Kier molecular flexibility index (Phi) is 6.07. The minimum absolute atomic E-state index is 0.0147. The van der Waals surface area contributed by atoms with Crippen LogP contribution in [-0.2, 0) is 14.3 Å². The van der Waals surface area contributed by atoms with Gasteiger partial charge in [0.2, 0.25) is 0 Å². The largest absolute Gasteiger partial charge is 0.462 e. The number of nitrogens with zero attached hydrogens (tertiary/aromatic N) is 1. The minimum atomic E-state index is -0.0564. The summed E-state index contributed by atoms with van der Waals surface area (Å²) in [4.78, 5) is 27.7. The molecular formula is C29H45NO3. The van der Waals surface area contributed by atoms with Crippen LogP contribution in [0.15, 0.2) is 11.6 Å². The van der Waals surface area contributed by atoms with Gasteiger partial charge in [-0.1, -0.05) is 39.3 Å². The molecule has 0 aromatic heterocycles. The Labute approximate surface area is 200 Å². The number of hydrogen-bond acceptors (Lipinski definition) is 4. The minimum Gasteiger partial charge on any atom is -0.462 e. The van der Waals surface area contributed by atoms with Gasteiger partial charge in [-0.3, -0.25) is 9.59 Å². The van der Waals surface area contributed by atoms with E-state index in [0.29, 0.717) is 35.4 Å². The van der Waals surface area contributed by atoms with Crippen LogP contribution in [0.25, 0.3) is 0 Å². The van der Waals surface area contributed by atoms with E-state index in [0.717, 1.165) is 64.6 Å². The van der Waals surface area contributed by atoms with Crippen molar-refractivity contribution in [2.24, 2.45) is 34.0 Å². The third kappa shape index (κ3) is 4.23. The van der Waals surface area contributed by atoms with Crippen molar-refractivity contribution >= 4 is 11.8 Å². The average molecular weight is 456 g/mol. The van der Waals surface area contributed by atoms with Crippen molar-refractivity contribution < 1.29 is 14.3 Å². The van der Waals surface area contributed by atoms with Gasteiger partial charge in [0, 0.05) is 31.3 Å². The average Bonchev–Trinajstić information content (AvgIpc) is 3.06. The summed E-state index contributed by atoms with van der Waals surface area (Å²) in [5.41, 5.74) is 2.08. The molecule has 0 N–H and O–H groups in total. The van der Waals surface area contributed by atoms with E-state index in [1.54, 1.807) is 5.57 Å². The lowest BCUT2D eigenvalue weighted by molar-refractivity contribution is -0.152. The molecule has 184 valence electrons. The molecule has 0 spiro atoms. The van der Waals surface area contributed by atoms with Crippen molar-refractivity contribution in [1.29, 1.82) is 0 Å². The number of ketones is 1. The molecule has 4 nitrogen and oxygen atoms in total. The second kappa shape index (κ2) is 8.50. The Hall–Kier alpha value is -1.16. The lowest BCUT2D eigenvalue weighted by Crippen LogP contribution is -2.50. The highest BCUT2D eigenvalue weighted by atomic mass is 16.5. The maximum absolute atomic E-state index is 12.7. The number of Topliss-reactive ketones (excluding diaryl/α,β-unsaturated/α-hetero) is 1. The number of allylic oxidation sites excluding steroid dienone is 1. The summed E-state index contributed by atoms with van der Waals surface area (Å²) in [6.45, 7) is 12.4. The van der Waals surface area contributed by atoms with Gasteiger partial charge in [-0.2, -0.15) is 0 Å². The molecule has 0 amide bonds. The van der Waals surface area contributed by atoms with Crippen LogP contribution in [0.2, 0.25) is 0 Å². The zero-order valence-electron chi connectivity index (χ0n) is 21.5. The monoisotopic (exact) mass is 455 g/mol. The molecule has 6 atom stereocenters. The summed E-state index contributed by atoms with van der Waals surface area (Å²) < 4.78 is 6.01. The first-order valence-corrected chi connectivity index (χ1v) is 13.8. The quantitative estimate of drug-likeness (QED) is 0.389. The van der Waals surface area contributed by atoms with Gasteiger partial charge in [-0.05, 0) is 86.5 Å². The molecule has 0 aromatic carbocycles. The highest BCUT2D eigenvalue weighted by Crippen LogP contribution is 2.64. The molecule has 4 heteroatoms. The van der Waals surface area contributed by atoms with Crippen LogP contribution < -0.4 is 0 Å². The second-order valence-electron chi connectivity index (χ2n) is 13.3. The van der Waals surface area contributed by atoms with Crippen molar-refractivity contribution in [2.45, 2.75) is 104 Å². The van der Waals surface area contributed by atoms with Crippen molar-refractivity contribution in [3.8, 4) is 0 Å². The molecule has 3 saturated carbocycles. The molecule has 6 unspecified atom stereocenters. The van der Waals surface area contributed by atoms with Gasteiger partial charge in [-0.15, -0.1) is 0 Å². The maximum Gasteiger partial charge on any atom is 0.307 e. The highest BCUT2D eigenvalue weighted by molar-refractivity contribution is 5.87. The van der Waals surface area contributed by atoms with Gasteiger partial charge in [0.15, 0.2) is 0 Å². The fraction of sp³-hybridized carbons (Fsp3) is 0.862. The first-order valence-electron chi connectivity index (χ1n) is 13.8. The van der Waals surface area contributed by atoms with Gasteiger partial charge in [0.25, 0.3) is 0 Å². The fourth-order valence-electron chi connectivity index (χ4n) is 8.73. The molecular weight excluding hydrogens is 410 g/mol. The van der Waals surface area contributed by atoms with Crippen LogP contribution >= 0.6 is 0 Å².